The monoisotopic (exact) mass is 157 g/mol. The second-order valence-electron chi connectivity index (χ2n) is 2.21. The third-order valence-corrected chi connectivity index (χ3v) is 1.25. The summed E-state index contributed by atoms with van der Waals surface area (Å²) in [5.74, 6) is -0.707. The van der Waals surface area contributed by atoms with Gasteiger partial charge >= 0.3 is 0 Å². The molecule has 0 rings (SSSR count). The van der Waals surface area contributed by atoms with E-state index in [0.717, 1.165) is 0 Å². The van der Waals surface area contributed by atoms with E-state index in [1.165, 1.54) is 0 Å². The van der Waals surface area contributed by atoms with E-state index in [1.807, 2.05) is 0 Å². The van der Waals surface area contributed by atoms with Gasteiger partial charge in [-0.25, -0.2) is 0 Å². The Morgan fingerprint density at radius 3 is 2.55 bits per heavy atom. The normalized spacial score (nSPS) is 12.1. The highest BCUT2D eigenvalue weighted by atomic mass is 16.3. The maximum Gasteiger partial charge on any atom is 0.286 e. The lowest BCUT2D eigenvalue weighted by Gasteiger charge is -2.07. The van der Waals surface area contributed by atoms with Crippen LogP contribution in [-0.2, 0) is 4.79 Å². The van der Waals surface area contributed by atoms with Gasteiger partial charge in [-0.05, 0) is 6.42 Å². The van der Waals surface area contributed by atoms with Crippen LogP contribution in [0.1, 0.15) is 12.8 Å². The summed E-state index contributed by atoms with van der Waals surface area (Å²) in [6, 6.07) is -0.430. The number of amides is 1. The highest BCUT2D eigenvalue weighted by molar-refractivity contribution is 5.76. The molecule has 0 heterocycles. The molecule has 0 bridgehead atoms. The minimum atomic E-state index is -0.707. The van der Waals surface area contributed by atoms with Gasteiger partial charge in [0.2, 0.25) is 0 Å². The van der Waals surface area contributed by atoms with Crippen LogP contribution in [0.25, 0.3) is 0 Å². The average Bonchev–Trinajstić information content (AvgIpc) is 1.99. The number of nitrogens with zero attached hydrogens (tertiary/aromatic N) is 1. The van der Waals surface area contributed by atoms with Gasteiger partial charge in [-0.1, -0.05) is 6.58 Å². The molecule has 1 unspecified atom stereocenters. The van der Waals surface area contributed by atoms with Gasteiger partial charge in [0.1, 0.15) is 0 Å². The zero-order chi connectivity index (χ0) is 8.85. The second kappa shape index (κ2) is 4.56. The van der Waals surface area contributed by atoms with E-state index in [9.17, 15) is 9.70 Å². The molecule has 0 fully saturated rings. The van der Waals surface area contributed by atoms with E-state index in [4.69, 9.17) is 11.5 Å². The van der Waals surface area contributed by atoms with Crippen LogP contribution in [0.3, 0.4) is 0 Å². The molecule has 0 aliphatic carbocycles. The Hall–Kier alpha value is -1.23. The van der Waals surface area contributed by atoms with Gasteiger partial charge in [0.15, 0.2) is 0 Å². The molecule has 0 aromatic carbocycles. The Balaban J connectivity index is 3.62. The molecule has 0 spiro atoms. The molecule has 0 radical (unpaired) electrons. The molecular weight excluding hydrogens is 146 g/mol. The highest BCUT2D eigenvalue weighted by Gasteiger charge is 2.07. The Labute approximate surface area is 64.4 Å². The van der Waals surface area contributed by atoms with Gasteiger partial charge in [0, 0.05) is 23.3 Å². The fraction of sp³-hybridized carbons (Fsp3) is 0.500. The fourth-order valence-electron chi connectivity index (χ4n) is 0.510. The van der Waals surface area contributed by atoms with Crippen molar-refractivity contribution in [3.05, 3.63) is 17.2 Å². The van der Waals surface area contributed by atoms with Crippen LogP contribution < -0.4 is 11.5 Å². The first-order valence-electron chi connectivity index (χ1n) is 3.14. The Morgan fingerprint density at radius 1 is 1.64 bits per heavy atom. The number of hydrogen-bond acceptors (Lipinski definition) is 4. The summed E-state index contributed by atoms with van der Waals surface area (Å²) >= 11 is 0. The van der Waals surface area contributed by atoms with Crippen molar-refractivity contribution in [3.63, 3.8) is 0 Å². The molecule has 5 nitrogen and oxygen atoms in total. The van der Waals surface area contributed by atoms with Gasteiger partial charge in [-0.2, -0.15) is 0 Å². The Kier molecular flexibility index (Phi) is 4.05. The van der Waals surface area contributed by atoms with Crippen molar-refractivity contribution in [2.45, 2.75) is 18.9 Å². The molecule has 0 aliphatic rings. The number of nitroso groups, excluding NO2 is 1. The van der Waals surface area contributed by atoms with Crippen LogP contribution in [-0.4, -0.2) is 11.9 Å². The summed E-state index contributed by atoms with van der Waals surface area (Å²) < 4.78 is 0. The van der Waals surface area contributed by atoms with Crippen molar-refractivity contribution in [3.8, 4) is 0 Å². The number of hydrogen-bond donors (Lipinski definition) is 2. The van der Waals surface area contributed by atoms with Crippen molar-refractivity contribution in [2.24, 2.45) is 16.6 Å². The highest BCUT2D eigenvalue weighted by Crippen LogP contribution is 1.99. The molecular formula is C6H11N3O2. The van der Waals surface area contributed by atoms with E-state index < -0.39 is 11.9 Å². The van der Waals surface area contributed by atoms with Crippen molar-refractivity contribution < 1.29 is 4.79 Å². The zero-order valence-corrected chi connectivity index (χ0v) is 6.12. The average molecular weight is 157 g/mol. The predicted octanol–water partition coefficient (Wildman–Crippen LogP) is -0.141. The smallest absolute Gasteiger partial charge is 0.286 e. The first-order valence-corrected chi connectivity index (χ1v) is 3.14. The first-order chi connectivity index (χ1) is 5.07. The van der Waals surface area contributed by atoms with Crippen LogP contribution in [0.15, 0.2) is 17.5 Å². The third kappa shape index (κ3) is 4.21. The van der Waals surface area contributed by atoms with E-state index in [2.05, 4.69) is 11.8 Å². The minimum absolute atomic E-state index is 0.0287. The number of carbonyl (C=O) groups is 1. The molecule has 0 saturated heterocycles. The minimum Gasteiger partial charge on any atom is -0.401 e. The predicted molar refractivity (Wildman–Crippen MR) is 41.3 cm³/mol. The lowest BCUT2D eigenvalue weighted by atomic mass is 10.1. The van der Waals surface area contributed by atoms with Crippen LogP contribution in [0.4, 0.5) is 0 Å². The lowest BCUT2D eigenvalue weighted by Crippen LogP contribution is -2.27. The van der Waals surface area contributed by atoms with Gasteiger partial charge in [-0.3, -0.25) is 4.79 Å². The maximum absolute atomic E-state index is 10.3. The quantitative estimate of drug-likeness (QED) is 0.555. The number of rotatable bonds is 4. The summed E-state index contributed by atoms with van der Waals surface area (Å²) in [7, 11) is 0. The molecule has 0 aliphatic heterocycles. The molecule has 0 aromatic rings. The SMILES string of the molecule is C=C(N)C(N)CCC(=O)N=O. The molecule has 5 heteroatoms. The molecule has 0 saturated carbocycles. The topological polar surface area (TPSA) is 98.5 Å². The number of nitrogens with two attached hydrogens (primary N) is 2. The Morgan fingerprint density at radius 2 is 2.18 bits per heavy atom. The van der Waals surface area contributed by atoms with E-state index in [0.29, 0.717) is 12.1 Å². The summed E-state index contributed by atoms with van der Waals surface area (Å²) in [4.78, 5) is 19.9. The van der Waals surface area contributed by atoms with Crippen LogP contribution in [0.2, 0.25) is 0 Å². The largest absolute Gasteiger partial charge is 0.401 e. The number of carbonyl (C=O) groups excluding carboxylic acids is 1. The molecule has 4 N–H and O–H groups in total. The third-order valence-electron chi connectivity index (χ3n) is 1.25. The van der Waals surface area contributed by atoms with E-state index in [-0.39, 0.29) is 6.42 Å². The van der Waals surface area contributed by atoms with Crippen LogP contribution in [0.5, 0.6) is 0 Å². The molecule has 0 aromatic heterocycles. The molecule has 1 amide bonds. The van der Waals surface area contributed by atoms with Gasteiger partial charge in [0.25, 0.3) is 5.91 Å². The molecule has 62 valence electrons. The van der Waals surface area contributed by atoms with E-state index in [1.54, 1.807) is 0 Å². The second-order valence-corrected chi connectivity index (χ2v) is 2.21. The summed E-state index contributed by atoms with van der Waals surface area (Å²) in [6.07, 6.45) is 0.348. The first kappa shape index (κ1) is 9.77. The maximum atomic E-state index is 10.3. The van der Waals surface area contributed by atoms with Crippen molar-refractivity contribution in [1.29, 1.82) is 0 Å². The molecule has 11 heavy (non-hydrogen) atoms. The fourth-order valence-corrected chi connectivity index (χ4v) is 0.510. The van der Waals surface area contributed by atoms with Crippen molar-refractivity contribution >= 4 is 5.91 Å². The van der Waals surface area contributed by atoms with Gasteiger partial charge in [-0.15, -0.1) is 4.91 Å². The van der Waals surface area contributed by atoms with Gasteiger partial charge in [0.05, 0.1) is 0 Å². The summed E-state index contributed by atoms with van der Waals surface area (Å²) in [5, 5.41) is 2.20. The summed E-state index contributed by atoms with van der Waals surface area (Å²) in [5.41, 5.74) is 10.9. The Bertz CT molecular complexity index is 179. The summed E-state index contributed by atoms with van der Waals surface area (Å²) in [6.45, 7) is 3.39. The van der Waals surface area contributed by atoms with Gasteiger partial charge < -0.3 is 11.5 Å². The standard InChI is InChI=1S/C6H11N3O2/c1-4(7)5(8)2-3-6(10)9-11/h5H,1-3,7-8H2. The van der Waals surface area contributed by atoms with Crippen LogP contribution >= 0.6 is 0 Å². The van der Waals surface area contributed by atoms with Crippen molar-refractivity contribution in [2.75, 3.05) is 0 Å². The zero-order valence-electron chi connectivity index (χ0n) is 6.12. The van der Waals surface area contributed by atoms with Crippen LogP contribution in [0, 0.1) is 4.91 Å². The molecule has 1 atom stereocenters. The lowest BCUT2D eigenvalue weighted by molar-refractivity contribution is -0.118. The van der Waals surface area contributed by atoms with E-state index >= 15 is 0 Å². The van der Waals surface area contributed by atoms with Crippen molar-refractivity contribution in [1.82, 2.24) is 0 Å².